The average molecular weight is 329 g/mol. The van der Waals surface area contributed by atoms with Crippen LogP contribution in [0.2, 0.25) is 0 Å². The molecule has 6 heteroatoms. The van der Waals surface area contributed by atoms with E-state index >= 15 is 0 Å². The van der Waals surface area contributed by atoms with Crippen molar-refractivity contribution in [2.24, 2.45) is 0 Å². The van der Waals surface area contributed by atoms with Gasteiger partial charge in [-0.25, -0.2) is 13.2 Å². The van der Waals surface area contributed by atoms with Crippen molar-refractivity contribution in [3.63, 3.8) is 0 Å². The van der Waals surface area contributed by atoms with E-state index < -0.39 is 16.0 Å². The van der Waals surface area contributed by atoms with Gasteiger partial charge in [-0.2, -0.15) is 0 Å². The summed E-state index contributed by atoms with van der Waals surface area (Å²) in [5.74, 6) is 1.24. The highest BCUT2D eigenvalue weighted by Gasteiger charge is 2.21. The molecule has 0 fully saturated rings. The Kier molecular flexibility index (Phi) is 4.43. The van der Waals surface area contributed by atoms with Gasteiger partial charge < -0.3 is 5.11 Å². The van der Waals surface area contributed by atoms with Crippen LogP contribution in [0.1, 0.15) is 27.0 Å². The van der Waals surface area contributed by atoms with Gasteiger partial charge >= 0.3 is 5.97 Å². The van der Waals surface area contributed by atoms with Crippen LogP contribution < -0.4 is 4.72 Å². The first-order valence-corrected chi connectivity index (χ1v) is 8.17. The van der Waals surface area contributed by atoms with Crippen molar-refractivity contribution < 1.29 is 18.3 Å². The van der Waals surface area contributed by atoms with Crippen LogP contribution in [-0.4, -0.2) is 19.5 Å². The maximum absolute atomic E-state index is 12.6. The van der Waals surface area contributed by atoms with Crippen LogP contribution in [0.15, 0.2) is 41.3 Å². The maximum Gasteiger partial charge on any atom is 0.335 e. The number of anilines is 1. The lowest BCUT2D eigenvalue weighted by Crippen LogP contribution is -2.16. The second-order valence-corrected chi connectivity index (χ2v) is 6.70. The molecule has 0 atom stereocenters. The van der Waals surface area contributed by atoms with Crippen LogP contribution >= 0.6 is 0 Å². The third-order valence-electron chi connectivity index (χ3n) is 3.44. The molecular weight excluding hydrogens is 314 g/mol. The first-order chi connectivity index (χ1) is 10.7. The lowest BCUT2D eigenvalue weighted by Gasteiger charge is -2.13. The molecule has 23 heavy (non-hydrogen) atoms. The number of aryl methyl sites for hydroxylation is 1. The number of carbonyl (C=O) groups is 1. The Hall–Kier alpha value is -2.78. The fourth-order valence-corrected chi connectivity index (χ4v) is 3.51. The third kappa shape index (κ3) is 3.52. The van der Waals surface area contributed by atoms with Gasteiger partial charge in [-0.3, -0.25) is 4.72 Å². The quantitative estimate of drug-likeness (QED) is 0.845. The largest absolute Gasteiger partial charge is 0.478 e. The molecule has 0 saturated heterocycles. The van der Waals surface area contributed by atoms with Crippen molar-refractivity contribution in [3.05, 3.63) is 58.7 Å². The first-order valence-electron chi connectivity index (χ1n) is 6.68. The van der Waals surface area contributed by atoms with Crippen molar-refractivity contribution in [2.75, 3.05) is 4.72 Å². The molecule has 2 aromatic carbocycles. The number of carboxylic acids is 1. The number of hydrogen-bond donors (Lipinski definition) is 2. The highest BCUT2D eigenvalue weighted by Crippen LogP contribution is 2.24. The Morgan fingerprint density at radius 1 is 1.22 bits per heavy atom. The van der Waals surface area contributed by atoms with E-state index in [2.05, 4.69) is 10.6 Å². The summed E-state index contributed by atoms with van der Waals surface area (Å²) >= 11 is 0. The zero-order chi connectivity index (χ0) is 17.2. The Morgan fingerprint density at radius 2 is 1.91 bits per heavy atom. The minimum absolute atomic E-state index is 0.0685. The lowest BCUT2D eigenvalue weighted by atomic mass is 10.1. The number of sulfonamides is 1. The van der Waals surface area contributed by atoms with Crippen LogP contribution in [0.4, 0.5) is 5.69 Å². The summed E-state index contributed by atoms with van der Waals surface area (Å²) in [6.45, 7) is 3.30. The molecule has 0 bridgehead atoms. The molecule has 0 unspecified atom stereocenters. The van der Waals surface area contributed by atoms with Crippen molar-refractivity contribution in [3.8, 4) is 12.3 Å². The second-order valence-electron chi connectivity index (χ2n) is 5.05. The van der Waals surface area contributed by atoms with Gasteiger partial charge in [0.05, 0.1) is 16.1 Å². The fourth-order valence-electron chi connectivity index (χ4n) is 2.11. The summed E-state index contributed by atoms with van der Waals surface area (Å²) in [5.41, 5.74) is 1.86. The van der Waals surface area contributed by atoms with Gasteiger partial charge in [-0.1, -0.05) is 12.0 Å². The number of carboxylic acid groups (broad SMARTS) is 1. The molecule has 5 nitrogen and oxygen atoms in total. The van der Waals surface area contributed by atoms with E-state index in [9.17, 15) is 13.2 Å². The molecule has 0 amide bonds. The monoisotopic (exact) mass is 329 g/mol. The molecule has 0 aliphatic rings. The predicted octanol–water partition coefficient (Wildman–Crippen LogP) is 2.78. The van der Waals surface area contributed by atoms with Gasteiger partial charge in [-0.05, 0) is 55.3 Å². The molecule has 0 aliphatic carbocycles. The smallest absolute Gasteiger partial charge is 0.335 e. The number of nitrogens with one attached hydrogen (secondary N) is 1. The molecule has 0 spiro atoms. The highest BCUT2D eigenvalue weighted by molar-refractivity contribution is 7.92. The molecule has 0 saturated carbocycles. The summed E-state index contributed by atoms with van der Waals surface area (Å²) in [5, 5.41) is 9.11. The Labute approximate surface area is 135 Å². The fraction of sp³-hybridized carbons (Fsp3) is 0.118. The SMILES string of the molecule is C#Cc1cccc(NS(=O)(=O)c2cc(C(=O)O)cc(C)c2C)c1. The Morgan fingerprint density at radius 3 is 2.52 bits per heavy atom. The summed E-state index contributed by atoms with van der Waals surface area (Å²) < 4.78 is 27.6. The van der Waals surface area contributed by atoms with E-state index in [1.54, 1.807) is 32.0 Å². The third-order valence-corrected chi connectivity index (χ3v) is 4.95. The molecule has 0 radical (unpaired) electrons. The summed E-state index contributed by atoms with van der Waals surface area (Å²) in [7, 11) is -3.93. The van der Waals surface area contributed by atoms with Crippen molar-refractivity contribution in [1.82, 2.24) is 0 Å². The minimum Gasteiger partial charge on any atom is -0.478 e. The molecule has 2 rings (SSSR count). The van der Waals surface area contributed by atoms with Gasteiger partial charge in [0.25, 0.3) is 10.0 Å². The van der Waals surface area contributed by atoms with Crippen LogP contribution in [0.3, 0.4) is 0 Å². The normalized spacial score (nSPS) is 10.8. The van der Waals surface area contributed by atoms with Crippen molar-refractivity contribution in [2.45, 2.75) is 18.7 Å². The molecule has 2 N–H and O–H groups in total. The Balaban J connectivity index is 2.51. The number of terminal acetylenes is 1. The first kappa shape index (κ1) is 16.6. The van der Waals surface area contributed by atoms with Gasteiger partial charge in [-0.15, -0.1) is 6.42 Å². The minimum atomic E-state index is -3.93. The number of hydrogen-bond acceptors (Lipinski definition) is 3. The van der Waals surface area contributed by atoms with Crippen LogP contribution in [0, 0.1) is 26.2 Å². The highest BCUT2D eigenvalue weighted by atomic mass is 32.2. The maximum atomic E-state index is 12.6. The van der Waals surface area contributed by atoms with Crippen LogP contribution in [-0.2, 0) is 10.0 Å². The molecule has 0 aliphatic heterocycles. The number of benzene rings is 2. The van der Waals surface area contributed by atoms with Crippen molar-refractivity contribution >= 4 is 21.7 Å². The van der Waals surface area contributed by atoms with Crippen LogP contribution in [0.5, 0.6) is 0 Å². The number of aromatic carboxylic acids is 1. The van der Waals surface area contributed by atoms with E-state index in [1.165, 1.54) is 12.1 Å². The van der Waals surface area contributed by atoms with Gasteiger partial charge in [0, 0.05) is 5.56 Å². The van der Waals surface area contributed by atoms with E-state index in [0.29, 0.717) is 22.4 Å². The van der Waals surface area contributed by atoms with E-state index in [1.807, 2.05) is 0 Å². The van der Waals surface area contributed by atoms with E-state index in [0.717, 1.165) is 6.07 Å². The van der Waals surface area contributed by atoms with Gasteiger partial charge in [0.2, 0.25) is 0 Å². The standard InChI is InChI=1S/C17H15NO4S/c1-4-13-6-5-7-15(9-13)18-23(21,22)16-10-14(17(19)20)8-11(2)12(16)3/h1,5-10,18H,2-3H3,(H,19,20). The van der Waals surface area contributed by atoms with Gasteiger partial charge in [0.15, 0.2) is 0 Å². The summed E-state index contributed by atoms with van der Waals surface area (Å²) in [6, 6.07) is 9.01. The topological polar surface area (TPSA) is 83.5 Å². The summed E-state index contributed by atoms with van der Waals surface area (Å²) in [6.07, 6.45) is 5.30. The second kappa shape index (κ2) is 6.15. The summed E-state index contributed by atoms with van der Waals surface area (Å²) in [4.78, 5) is 11.1. The van der Waals surface area contributed by atoms with E-state index in [-0.39, 0.29) is 10.5 Å². The predicted molar refractivity (Wildman–Crippen MR) is 88.1 cm³/mol. The number of rotatable bonds is 4. The average Bonchev–Trinajstić information content (AvgIpc) is 2.49. The molecule has 2 aromatic rings. The molecular formula is C17H15NO4S. The molecule has 0 aromatic heterocycles. The Bertz CT molecular complexity index is 924. The van der Waals surface area contributed by atoms with Gasteiger partial charge in [0.1, 0.15) is 0 Å². The molecule has 118 valence electrons. The van der Waals surface area contributed by atoms with Crippen molar-refractivity contribution in [1.29, 1.82) is 0 Å². The van der Waals surface area contributed by atoms with Crippen LogP contribution in [0.25, 0.3) is 0 Å². The zero-order valence-electron chi connectivity index (χ0n) is 12.6. The lowest BCUT2D eigenvalue weighted by molar-refractivity contribution is 0.0696. The zero-order valence-corrected chi connectivity index (χ0v) is 13.4. The van der Waals surface area contributed by atoms with E-state index in [4.69, 9.17) is 11.5 Å². The molecule has 0 heterocycles.